The van der Waals surface area contributed by atoms with E-state index in [-0.39, 0.29) is 5.41 Å². The van der Waals surface area contributed by atoms with Gasteiger partial charge in [-0.1, -0.05) is 99.2 Å². The van der Waals surface area contributed by atoms with Gasteiger partial charge in [-0.2, -0.15) is 0 Å². The maximum absolute atomic E-state index is 12.7. The summed E-state index contributed by atoms with van der Waals surface area (Å²) in [7, 11) is -1.70. The highest BCUT2D eigenvalue weighted by atomic mass is 79.9. The highest BCUT2D eigenvalue weighted by molar-refractivity contribution is 9.10. The Kier molecular flexibility index (Phi) is 3.82. The molecule has 0 amide bonds. The molecule has 1 N–H and O–H groups in total. The lowest BCUT2D eigenvalue weighted by molar-refractivity contribution is 0.107. The van der Waals surface area contributed by atoms with Crippen molar-refractivity contribution >= 4 is 45.1 Å². The Morgan fingerprint density at radius 3 is 1.61 bits per heavy atom. The summed E-state index contributed by atoms with van der Waals surface area (Å²) >= 11 is 7.57. The van der Waals surface area contributed by atoms with E-state index in [9.17, 15) is 5.11 Å². The Hall–Kier alpha value is -1.20. The molecule has 0 spiro atoms. The van der Waals surface area contributed by atoms with Crippen LogP contribution in [0, 0.1) is 0 Å². The molecular weight excluding hydrogens is 492 g/mol. The number of halogens is 2. The molecule has 0 radical (unpaired) electrons. The van der Waals surface area contributed by atoms with Crippen molar-refractivity contribution in [2.75, 3.05) is 0 Å². The third-order valence-electron chi connectivity index (χ3n) is 6.60. The summed E-state index contributed by atoms with van der Waals surface area (Å²) in [5.74, 6) is 0. The molecule has 0 saturated heterocycles. The fraction of sp³-hybridized carbons (Fsp3) is 0.250. The molecule has 6 rings (SSSR count). The van der Waals surface area contributed by atoms with E-state index in [4.69, 9.17) is 0 Å². The smallest absolute Gasteiger partial charge is 0.143 e. The van der Waals surface area contributed by atoms with Gasteiger partial charge in [0.2, 0.25) is 0 Å². The third kappa shape index (κ3) is 2.05. The molecule has 3 aliphatic rings. The van der Waals surface area contributed by atoms with E-state index in [0.717, 1.165) is 25.6 Å². The van der Waals surface area contributed by atoms with E-state index in [2.05, 4.69) is 101 Å². The monoisotopic (exact) mass is 512 g/mol. The fourth-order valence-electron chi connectivity index (χ4n) is 5.41. The van der Waals surface area contributed by atoms with Crippen LogP contribution in [0.25, 0.3) is 0 Å². The first-order valence-electron chi connectivity index (χ1n) is 9.58. The second-order valence-corrected chi connectivity index (χ2v) is 15.9. The van der Waals surface area contributed by atoms with Crippen LogP contribution < -0.4 is 5.19 Å². The number of hydrogen-bond acceptors (Lipinski definition) is 1. The molecule has 4 heteroatoms. The molecule has 0 unspecified atom stereocenters. The zero-order valence-electron chi connectivity index (χ0n) is 16.4. The standard InChI is InChI=1S/C24H22Br2OSi/c1-23-14-8-5-11-17(25)20(14)24(27,21-15(23)9-6-12-18(21)26)22-16(23)10-7-13-19(22)28(2,3)4/h5-13,27H,1-4H3. The Labute approximate surface area is 184 Å². The lowest BCUT2D eigenvalue weighted by atomic mass is 9.52. The van der Waals surface area contributed by atoms with E-state index in [0.29, 0.717) is 0 Å². The lowest BCUT2D eigenvalue weighted by Gasteiger charge is -2.55. The van der Waals surface area contributed by atoms with Crippen LogP contribution in [0.15, 0.2) is 63.5 Å². The van der Waals surface area contributed by atoms with Crippen LogP contribution in [0.3, 0.4) is 0 Å². The zero-order chi connectivity index (χ0) is 20.1. The Balaban J connectivity index is 2.07. The molecule has 0 atom stereocenters. The summed E-state index contributed by atoms with van der Waals surface area (Å²) in [5.41, 5.74) is 5.25. The maximum atomic E-state index is 12.7. The van der Waals surface area contributed by atoms with Gasteiger partial charge in [-0.3, -0.25) is 0 Å². The Morgan fingerprint density at radius 2 is 1.14 bits per heavy atom. The molecule has 2 bridgehead atoms. The summed E-state index contributed by atoms with van der Waals surface area (Å²) in [5, 5.41) is 14.0. The number of aliphatic hydroxyl groups is 1. The van der Waals surface area contributed by atoms with E-state index in [1.807, 2.05) is 12.1 Å². The van der Waals surface area contributed by atoms with Gasteiger partial charge in [-0.15, -0.1) is 0 Å². The quantitative estimate of drug-likeness (QED) is 0.394. The molecule has 3 aromatic rings. The largest absolute Gasteiger partial charge is 0.376 e. The summed E-state index contributed by atoms with van der Waals surface area (Å²) in [6.45, 7) is 9.39. The van der Waals surface area contributed by atoms with Crippen molar-refractivity contribution in [2.24, 2.45) is 0 Å². The second-order valence-electron chi connectivity index (χ2n) is 9.14. The van der Waals surface area contributed by atoms with Crippen molar-refractivity contribution in [1.82, 2.24) is 0 Å². The van der Waals surface area contributed by atoms with E-state index >= 15 is 0 Å². The molecule has 0 aliphatic heterocycles. The molecule has 0 heterocycles. The summed E-state index contributed by atoms with van der Waals surface area (Å²) in [6, 6.07) is 19.3. The molecule has 3 aromatic carbocycles. The minimum absolute atomic E-state index is 0.298. The average Bonchev–Trinajstić information content (AvgIpc) is 2.63. The Morgan fingerprint density at radius 1 is 0.714 bits per heavy atom. The summed E-state index contributed by atoms with van der Waals surface area (Å²) in [4.78, 5) is 0. The van der Waals surface area contributed by atoms with Crippen LogP contribution in [0.4, 0.5) is 0 Å². The number of benzene rings is 3. The van der Waals surface area contributed by atoms with Crippen molar-refractivity contribution in [2.45, 2.75) is 37.6 Å². The summed E-state index contributed by atoms with van der Waals surface area (Å²) < 4.78 is 1.94. The van der Waals surface area contributed by atoms with Gasteiger partial charge in [0.15, 0.2) is 0 Å². The second kappa shape index (κ2) is 5.69. The molecular formula is C24H22Br2OSi. The van der Waals surface area contributed by atoms with Crippen molar-refractivity contribution in [3.05, 3.63) is 96.9 Å². The van der Waals surface area contributed by atoms with Crippen LogP contribution in [-0.4, -0.2) is 13.2 Å². The van der Waals surface area contributed by atoms with Gasteiger partial charge >= 0.3 is 0 Å². The highest BCUT2D eigenvalue weighted by Gasteiger charge is 2.59. The predicted octanol–water partition coefficient (Wildman–Crippen LogP) is 6.02. The highest BCUT2D eigenvalue weighted by Crippen LogP contribution is 2.62. The van der Waals surface area contributed by atoms with Gasteiger partial charge in [-0.25, -0.2) is 0 Å². The average molecular weight is 514 g/mol. The fourth-order valence-corrected chi connectivity index (χ4v) is 8.38. The van der Waals surface area contributed by atoms with Gasteiger partial charge in [-0.05, 0) is 41.3 Å². The van der Waals surface area contributed by atoms with Gasteiger partial charge in [0, 0.05) is 25.5 Å². The molecule has 142 valence electrons. The van der Waals surface area contributed by atoms with Gasteiger partial charge < -0.3 is 5.11 Å². The topological polar surface area (TPSA) is 20.2 Å². The zero-order valence-corrected chi connectivity index (χ0v) is 20.6. The summed E-state index contributed by atoms with van der Waals surface area (Å²) in [6.07, 6.45) is 0. The molecule has 1 nitrogen and oxygen atoms in total. The first-order valence-corrected chi connectivity index (χ1v) is 14.7. The van der Waals surface area contributed by atoms with Crippen LogP contribution in [0.5, 0.6) is 0 Å². The number of rotatable bonds is 1. The molecule has 3 aliphatic carbocycles. The SMILES string of the molecule is CC12c3cccc(Br)c3C(O)(c3c(Br)cccc31)c1c2cccc1[Si](C)(C)C. The Bertz CT molecular complexity index is 1110. The van der Waals surface area contributed by atoms with E-state index in [1.165, 1.54) is 21.9 Å². The number of hydrogen-bond donors (Lipinski definition) is 1. The van der Waals surface area contributed by atoms with Gasteiger partial charge in [0.05, 0.1) is 8.07 Å². The molecule has 0 fully saturated rings. The first kappa shape index (κ1) is 18.8. The van der Waals surface area contributed by atoms with Crippen LogP contribution in [0.1, 0.15) is 40.3 Å². The van der Waals surface area contributed by atoms with Crippen molar-refractivity contribution in [3.8, 4) is 0 Å². The molecule has 0 saturated carbocycles. The normalized spacial score (nSPS) is 24.5. The van der Waals surface area contributed by atoms with Crippen molar-refractivity contribution < 1.29 is 5.11 Å². The minimum Gasteiger partial charge on any atom is -0.376 e. The van der Waals surface area contributed by atoms with E-state index < -0.39 is 13.7 Å². The third-order valence-corrected chi connectivity index (χ3v) is 9.96. The van der Waals surface area contributed by atoms with Crippen LogP contribution in [-0.2, 0) is 11.0 Å². The lowest BCUT2D eigenvalue weighted by Crippen LogP contribution is -2.56. The maximum Gasteiger partial charge on any atom is 0.143 e. The first-order chi connectivity index (χ1) is 13.1. The van der Waals surface area contributed by atoms with Gasteiger partial charge in [0.1, 0.15) is 5.60 Å². The van der Waals surface area contributed by atoms with Gasteiger partial charge in [0.25, 0.3) is 0 Å². The van der Waals surface area contributed by atoms with Crippen LogP contribution in [0.2, 0.25) is 19.6 Å². The minimum atomic E-state index is -1.70. The van der Waals surface area contributed by atoms with Crippen molar-refractivity contribution in [1.29, 1.82) is 0 Å². The molecule has 28 heavy (non-hydrogen) atoms. The predicted molar refractivity (Wildman–Crippen MR) is 125 cm³/mol. The molecule has 0 aromatic heterocycles. The van der Waals surface area contributed by atoms with Crippen molar-refractivity contribution in [3.63, 3.8) is 0 Å². The van der Waals surface area contributed by atoms with Crippen LogP contribution >= 0.6 is 31.9 Å². The van der Waals surface area contributed by atoms with E-state index in [1.54, 1.807) is 0 Å².